The summed E-state index contributed by atoms with van der Waals surface area (Å²) in [6, 6.07) is 4.98. The number of amides is 1. The normalized spacial score (nSPS) is 9.69. The third-order valence-electron chi connectivity index (χ3n) is 1.43. The quantitative estimate of drug-likeness (QED) is 0.610. The molecular formula is C8H9BrN2O2. The first-order valence-corrected chi connectivity index (χ1v) is 4.33. The molecule has 1 rings (SSSR count). The summed E-state index contributed by atoms with van der Waals surface area (Å²) in [7, 11) is 1.37. The first-order chi connectivity index (χ1) is 6.15. The smallest absolute Gasteiger partial charge is 0.276 e. The Morgan fingerprint density at radius 3 is 2.92 bits per heavy atom. The SMILES string of the molecule is CONC(=O)c1cc(N)ccc1Br. The maximum absolute atomic E-state index is 11.3. The van der Waals surface area contributed by atoms with Crippen LogP contribution in [0.15, 0.2) is 22.7 Å². The van der Waals surface area contributed by atoms with E-state index in [9.17, 15) is 4.79 Å². The molecule has 4 nitrogen and oxygen atoms in total. The summed E-state index contributed by atoms with van der Waals surface area (Å²) < 4.78 is 0.677. The lowest BCUT2D eigenvalue weighted by atomic mass is 10.2. The average Bonchev–Trinajstić information content (AvgIpc) is 2.09. The highest BCUT2D eigenvalue weighted by Crippen LogP contribution is 2.19. The molecule has 0 radical (unpaired) electrons. The van der Waals surface area contributed by atoms with E-state index in [0.29, 0.717) is 15.7 Å². The number of nitrogen functional groups attached to an aromatic ring is 1. The maximum atomic E-state index is 11.3. The number of benzene rings is 1. The Bertz CT molecular complexity index is 328. The van der Waals surface area contributed by atoms with Crippen LogP contribution in [0.1, 0.15) is 10.4 Å². The zero-order chi connectivity index (χ0) is 9.84. The Morgan fingerprint density at radius 1 is 1.62 bits per heavy atom. The maximum Gasteiger partial charge on any atom is 0.276 e. The topological polar surface area (TPSA) is 64.3 Å². The van der Waals surface area contributed by atoms with Crippen molar-refractivity contribution in [2.45, 2.75) is 0 Å². The van der Waals surface area contributed by atoms with Gasteiger partial charge in [-0.1, -0.05) is 0 Å². The number of anilines is 1. The van der Waals surface area contributed by atoms with Crippen molar-refractivity contribution in [2.24, 2.45) is 0 Å². The zero-order valence-corrected chi connectivity index (χ0v) is 8.59. The van der Waals surface area contributed by atoms with Gasteiger partial charge in [-0.25, -0.2) is 5.48 Å². The number of hydrogen-bond acceptors (Lipinski definition) is 3. The first kappa shape index (κ1) is 10.0. The molecule has 0 unspecified atom stereocenters. The van der Waals surface area contributed by atoms with E-state index in [2.05, 4.69) is 26.2 Å². The summed E-state index contributed by atoms with van der Waals surface area (Å²) in [6.45, 7) is 0. The van der Waals surface area contributed by atoms with Crippen molar-refractivity contribution in [1.82, 2.24) is 5.48 Å². The minimum Gasteiger partial charge on any atom is -0.399 e. The fourth-order valence-corrected chi connectivity index (χ4v) is 1.29. The molecule has 13 heavy (non-hydrogen) atoms. The molecule has 0 aromatic heterocycles. The van der Waals surface area contributed by atoms with Gasteiger partial charge in [0.1, 0.15) is 0 Å². The van der Waals surface area contributed by atoms with Gasteiger partial charge in [-0.3, -0.25) is 9.63 Å². The summed E-state index contributed by atoms with van der Waals surface area (Å²) in [5.74, 6) is -0.332. The van der Waals surface area contributed by atoms with Gasteiger partial charge in [0, 0.05) is 10.2 Å². The summed E-state index contributed by atoms with van der Waals surface area (Å²) in [5, 5.41) is 0. The molecular weight excluding hydrogens is 236 g/mol. The van der Waals surface area contributed by atoms with Crippen LogP contribution < -0.4 is 11.2 Å². The molecule has 70 valence electrons. The van der Waals surface area contributed by atoms with E-state index >= 15 is 0 Å². The minimum atomic E-state index is -0.332. The second kappa shape index (κ2) is 4.25. The first-order valence-electron chi connectivity index (χ1n) is 3.53. The van der Waals surface area contributed by atoms with E-state index in [1.807, 2.05) is 0 Å². The summed E-state index contributed by atoms with van der Waals surface area (Å²) in [4.78, 5) is 15.8. The number of carbonyl (C=O) groups is 1. The molecule has 0 aliphatic heterocycles. The lowest BCUT2D eigenvalue weighted by molar-refractivity contribution is 0.0537. The van der Waals surface area contributed by atoms with Crippen LogP contribution in [0.2, 0.25) is 0 Å². The van der Waals surface area contributed by atoms with Gasteiger partial charge in [0.05, 0.1) is 12.7 Å². The molecule has 0 spiro atoms. The van der Waals surface area contributed by atoms with Crippen LogP contribution >= 0.6 is 15.9 Å². The highest BCUT2D eigenvalue weighted by Gasteiger charge is 2.09. The number of nitrogens with one attached hydrogen (secondary N) is 1. The molecule has 0 heterocycles. The van der Waals surface area contributed by atoms with Gasteiger partial charge in [0.25, 0.3) is 5.91 Å². The van der Waals surface area contributed by atoms with Gasteiger partial charge >= 0.3 is 0 Å². The molecule has 0 saturated heterocycles. The minimum absolute atomic E-state index is 0.332. The lowest BCUT2D eigenvalue weighted by Gasteiger charge is -2.04. The summed E-state index contributed by atoms with van der Waals surface area (Å²) >= 11 is 3.23. The van der Waals surface area contributed by atoms with E-state index in [1.54, 1.807) is 18.2 Å². The molecule has 5 heteroatoms. The van der Waals surface area contributed by atoms with E-state index in [1.165, 1.54) is 7.11 Å². The second-order valence-corrected chi connectivity index (χ2v) is 3.23. The molecule has 0 saturated carbocycles. The molecule has 0 aliphatic rings. The van der Waals surface area contributed by atoms with Crippen LogP contribution in [0.4, 0.5) is 5.69 Å². The number of rotatable bonds is 2. The van der Waals surface area contributed by atoms with Crippen LogP contribution in [-0.4, -0.2) is 13.0 Å². The molecule has 0 aliphatic carbocycles. The van der Waals surface area contributed by atoms with Crippen LogP contribution in [0, 0.1) is 0 Å². The monoisotopic (exact) mass is 244 g/mol. The molecule has 1 aromatic carbocycles. The van der Waals surface area contributed by atoms with Gasteiger partial charge in [-0.05, 0) is 34.1 Å². The van der Waals surface area contributed by atoms with Gasteiger partial charge in [-0.15, -0.1) is 0 Å². The van der Waals surface area contributed by atoms with Crippen molar-refractivity contribution < 1.29 is 9.63 Å². The Kier molecular flexibility index (Phi) is 3.27. The van der Waals surface area contributed by atoms with Crippen LogP contribution in [0.25, 0.3) is 0 Å². The van der Waals surface area contributed by atoms with E-state index in [4.69, 9.17) is 5.73 Å². The molecule has 3 N–H and O–H groups in total. The summed E-state index contributed by atoms with van der Waals surface area (Å²) in [5.41, 5.74) is 8.70. The number of carbonyl (C=O) groups excluding carboxylic acids is 1. The van der Waals surface area contributed by atoms with Crippen LogP contribution in [0.3, 0.4) is 0 Å². The number of hydrogen-bond donors (Lipinski definition) is 2. The van der Waals surface area contributed by atoms with E-state index in [-0.39, 0.29) is 5.91 Å². The van der Waals surface area contributed by atoms with Crippen molar-refractivity contribution in [1.29, 1.82) is 0 Å². The fraction of sp³-hybridized carbons (Fsp3) is 0.125. The Hall–Kier alpha value is -1.07. The largest absolute Gasteiger partial charge is 0.399 e. The van der Waals surface area contributed by atoms with Crippen molar-refractivity contribution in [3.05, 3.63) is 28.2 Å². The van der Waals surface area contributed by atoms with Gasteiger partial charge < -0.3 is 5.73 Å². The van der Waals surface area contributed by atoms with Crippen molar-refractivity contribution in [3.8, 4) is 0 Å². The molecule has 1 aromatic rings. The van der Waals surface area contributed by atoms with Gasteiger partial charge in [-0.2, -0.15) is 0 Å². The predicted molar refractivity (Wildman–Crippen MR) is 53.0 cm³/mol. The molecule has 0 atom stereocenters. The Balaban J connectivity index is 2.99. The van der Waals surface area contributed by atoms with Crippen molar-refractivity contribution >= 4 is 27.5 Å². The second-order valence-electron chi connectivity index (χ2n) is 2.37. The number of nitrogens with two attached hydrogens (primary N) is 1. The Morgan fingerprint density at radius 2 is 2.31 bits per heavy atom. The highest BCUT2D eigenvalue weighted by atomic mass is 79.9. The lowest BCUT2D eigenvalue weighted by Crippen LogP contribution is -2.22. The molecule has 0 fully saturated rings. The average molecular weight is 245 g/mol. The fourth-order valence-electron chi connectivity index (χ4n) is 0.865. The number of hydroxylamine groups is 1. The van der Waals surface area contributed by atoms with E-state index < -0.39 is 0 Å². The highest BCUT2D eigenvalue weighted by molar-refractivity contribution is 9.10. The third kappa shape index (κ3) is 2.43. The zero-order valence-electron chi connectivity index (χ0n) is 7.00. The third-order valence-corrected chi connectivity index (χ3v) is 2.12. The van der Waals surface area contributed by atoms with Crippen molar-refractivity contribution in [2.75, 3.05) is 12.8 Å². The van der Waals surface area contributed by atoms with Crippen LogP contribution in [0.5, 0.6) is 0 Å². The summed E-state index contributed by atoms with van der Waals surface area (Å²) in [6.07, 6.45) is 0. The number of halogens is 1. The van der Waals surface area contributed by atoms with E-state index in [0.717, 1.165) is 0 Å². The van der Waals surface area contributed by atoms with Crippen LogP contribution in [-0.2, 0) is 4.84 Å². The predicted octanol–water partition coefficient (Wildman–Crippen LogP) is 1.32. The van der Waals surface area contributed by atoms with Gasteiger partial charge in [0.2, 0.25) is 0 Å². The Labute approximate surface area is 84.1 Å². The van der Waals surface area contributed by atoms with Crippen molar-refractivity contribution in [3.63, 3.8) is 0 Å². The standard InChI is InChI=1S/C8H9BrN2O2/c1-13-11-8(12)6-4-5(10)2-3-7(6)9/h2-4H,10H2,1H3,(H,11,12). The molecule has 0 bridgehead atoms. The molecule has 1 amide bonds. The van der Waals surface area contributed by atoms with Gasteiger partial charge in [0.15, 0.2) is 0 Å².